The van der Waals surface area contributed by atoms with Crippen LogP contribution in [0.25, 0.3) is 0 Å². The SMILES string of the molecule is O=C(O)CN(CCn1ccccc1=O)C1CCCC1. The number of hydrogen-bond donors (Lipinski definition) is 1. The Labute approximate surface area is 112 Å². The lowest BCUT2D eigenvalue weighted by Gasteiger charge is -2.27. The Morgan fingerprint density at radius 3 is 2.74 bits per heavy atom. The zero-order chi connectivity index (χ0) is 13.7. The second-order valence-electron chi connectivity index (χ2n) is 5.03. The number of hydrogen-bond acceptors (Lipinski definition) is 3. The lowest BCUT2D eigenvalue weighted by atomic mass is 10.2. The molecule has 1 fully saturated rings. The predicted molar refractivity (Wildman–Crippen MR) is 72.2 cm³/mol. The molecule has 0 radical (unpaired) electrons. The van der Waals surface area contributed by atoms with E-state index < -0.39 is 5.97 Å². The van der Waals surface area contributed by atoms with Crippen LogP contribution in [-0.2, 0) is 11.3 Å². The van der Waals surface area contributed by atoms with Gasteiger partial charge in [0.25, 0.3) is 5.56 Å². The second kappa shape index (κ2) is 6.52. The number of pyridine rings is 1. The third kappa shape index (κ3) is 3.92. The van der Waals surface area contributed by atoms with Gasteiger partial charge in [-0.05, 0) is 18.9 Å². The van der Waals surface area contributed by atoms with Gasteiger partial charge in [-0.2, -0.15) is 0 Å². The van der Waals surface area contributed by atoms with E-state index in [2.05, 4.69) is 0 Å². The van der Waals surface area contributed by atoms with Crippen LogP contribution in [0.5, 0.6) is 0 Å². The number of aromatic nitrogens is 1. The molecule has 0 amide bonds. The Balaban J connectivity index is 1.97. The van der Waals surface area contributed by atoms with Crippen molar-refractivity contribution >= 4 is 5.97 Å². The lowest BCUT2D eigenvalue weighted by Crippen LogP contribution is -2.40. The summed E-state index contributed by atoms with van der Waals surface area (Å²) in [5.74, 6) is -0.799. The summed E-state index contributed by atoms with van der Waals surface area (Å²) in [6.45, 7) is 1.22. The molecule has 0 unspecified atom stereocenters. The van der Waals surface area contributed by atoms with Crippen LogP contribution in [0.4, 0.5) is 0 Å². The standard InChI is InChI=1S/C14H20N2O3/c17-13-7-3-4-8-15(13)9-10-16(11-14(18)19)12-5-1-2-6-12/h3-4,7-8,12H,1-2,5-6,9-11H2,(H,18,19). The van der Waals surface area contributed by atoms with E-state index in [0.29, 0.717) is 19.1 Å². The van der Waals surface area contributed by atoms with Gasteiger partial charge in [-0.3, -0.25) is 14.5 Å². The number of rotatable bonds is 6. The monoisotopic (exact) mass is 264 g/mol. The third-order valence-electron chi connectivity index (χ3n) is 3.71. The average molecular weight is 264 g/mol. The minimum absolute atomic E-state index is 0.0378. The Morgan fingerprint density at radius 2 is 2.11 bits per heavy atom. The van der Waals surface area contributed by atoms with Crippen LogP contribution in [0.1, 0.15) is 25.7 Å². The summed E-state index contributed by atoms with van der Waals surface area (Å²) in [5, 5.41) is 8.99. The van der Waals surface area contributed by atoms with Crippen LogP contribution in [0.3, 0.4) is 0 Å². The molecule has 1 N–H and O–H groups in total. The maximum atomic E-state index is 11.6. The van der Waals surface area contributed by atoms with Gasteiger partial charge in [-0.25, -0.2) is 0 Å². The topological polar surface area (TPSA) is 62.5 Å². The third-order valence-corrected chi connectivity index (χ3v) is 3.71. The zero-order valence-electron chi connectivity index (χ0n) is 11.0. The van der Waals surface area contributed by atoms with Crippen LogP contribution >= 0.6 is 0 Å². The molecular formula is C14H20N2O3. The molecule has 1 saturated carbocycles. The number of carbonyl (C=O) groups is 1. The largest absolute Gasteiger partial charge is 0.480 e. The summed E-state index contributed by atoms with van der Waals surface area (Å²) >= 11 is 0. The number of carboxylic acids is 1. The molecule has 5 nitrogen and oxygen atoms in total. The second-order valence-corrected chi connectivity index (χ2v) is 5.03. The molecule has 1 heterocycles. The van der Waals surface area contributed by atoms with Gasteiger partial charge < -0.3 is 9.67 Å². The molecule has 1 aromatic rings. The van der Waals surface area contributed by atoms with Crippen LogP contribution in [0.2, 0.25) is 0 Å². The summed E-state index contributed by atoms with van der Waals surface area (Å²) in [6.07, 6.45) is 6.22. The van der Waals surface area contributed by atoms with Crippen molar-refractivity contribution < 1.29 is 9.90 Å². The van der Waals surface area contributed by atoms with Crippen molar-refractivity contribution in [3.63, 3.8) is 0 Å². The molecule has 19 heavy (non-hydrogen) atoms. The quantitative estimate of drug-likeness (QED) is 0.838. The Kier molecular flexibility index (Phi) is 4.74. The van der Waals surface area contributed by atoms with Crippen molar-refractivity contribution in [3.05, 3.63) is 34.7 Å². The van der Waals surface area contributed by atoms with Crippen molar-refractivity contribution in [1.82, 2.24) is 9.47 Å². The molecule has 5 heteroatoms. The van der Waals surface area contributed by atoms with Crippen LogP contribution in [-0.4, -0.2) is 39.7 Å². The van der Waals surface area contributed by atoms with Crippen molar-refractivity contribution in [3.8, 4) is 0 Å². The molecule has 0 aliphatic heterocycles. The molecule has 1 aliphatic carbocycles. The summed E-state index contributed by atoms with van der Waals surface area (Å²) in [6, 6.07) is 5.41. The molecule has 104 valence electrons. The molecule has 0 aromatic carbocycles. The minimum Gasteiger partial charge on any atom is -0.480 e. The van der Waals surface area contributed by atoms with Gasteiger partial charge in [-0.1, -0.05) is 18.9 Å². The fourth-order valence-electron chi connectivity index (χ4n) is 2.72. The molecule has 0 saturated heterocycles. The van der Waals surface area contributed by atoms with Crippen LogP contribution in [0, 0.1) is 0 Å². The summed E-state index contributed by atoms with van der Waals surface area (Å²) in [5.41, 5.74) is -0.0378. The normalized spacial score (nSPS) is 16.1. The first-order valence-electron chi connectivity index (χ1n) is 6.78. The maximum Gasteiger partial charge on any atom is 0.317 e. The van der Waals surface area contributed by atoms with E-state index in [1.807, 2.05) is 11.0 Å². The molecule has 0 atom stereocenters. The summed E-state index contributed by atoms with van der Waals surface area (Å²) < 4.78 is 1.63. The van der Waals surface area contributed by atoms with Gasteiger partial charge in [0.15, 0.2) is 0 Å². The first-order valence-corrected chi connectivity index (χ1v) is 6.78. The number of nitrogens with zero attached hydrogens (tertiary/aromatic N) is 2. The maximum absolute atomic E-state index is 11.6. The van der Waals surface area contributed by atoms with Gasteiger partial charge in [0, 0.05) is 31.4 Å². The van der Waals surface area contributed by atoms with Gasteiger partial charge in [-0.15, -0.1) is 0 Å². The molecule has 1 aromatic heterocycles. The van der Waals surface area contributed by atoms with Gasteiger partial charge in [0.2, 0.25) is 0 Å². The summed E-state index contributed by atoms with van der Waals surface area (Å²) in [4.78, 5) is 24.5. The molecule has 0 spiro atoms. The molecule has 0 bridgehead atoms. The first-order chi connectivity index (χ1) is 9.16. The fraction of sp³-hybridized carbons (Fsp3) is 0.571. The Hall–Kier alpha value is -1.62. The van der Waals surface area contributed by atoms with Gasteiger partial charge >= 0.3 is 5.97 Å². The van der Waals surface area contributed by atoms with E-state index in [0.717, 1.165) is 12.8 Å². The van der Waals surface area contributed by atoms with E-state index in [9.17, 15) is 9.59 Å². The van der Waals surface area contributed by atoms with E-state index in [1.165, 1.54) is 18.9 Å². The van der Waals surface area contributed by atoms with Crippen LogP contribution < -0.4 is 5.56 Å². The van der Waals surface area contributed by atoms with E-state index in [4.69, 9.17) is 5.11 Å². The van der Waals surface area contributed by atoms with Gasteiger partial charge in [0.05, 0.1) is 6.54 Å². The highest BCUT2D eigenvalue weighted by Crippen LogP contribution is 2.23. The molecular weight excluding hydrogens is 244 g/mol. The smallest absolute Gasteiger partial charge is 0.317 e. The zero-order valence-corrected chi connectivity index (χ0v) is 11.0. The molecule has 2 rings (SSSR count). The summed E-state index contributed by atoms with van der Waals surface area (Å²) in [7, 11) is 0. The highest BCUT2D eigenvalue weighted by molar-refractivity contribution is 5.69. The predicted octanol–water partition coefficient (Wildman–Crippen LogP) is 1.18. The highest BCUT2D eigenvalue weighted by Gasteiger charge is 2.23. The first kappa shape index (κ1) is 13.8. The lowest BCUT2D eigenvalue weighted by molar-refractivity contribution is -0.139. The van der Waals surface area contributed by atoms with E-state index >= 15 is 0 Å². The van der Waals surface area contributed by atoms with Crippen molar-refractivity contribution in [2.45, 2.75) is 38.3 Å². The molecule has 1 aliphatic rings. The fourth-order valence-corrected chi connectivity index (χ4v) is 2.72. The van der Waals surface area contributed by atoms with Gasteiger partial charge in [0.1, 0.15) is 0 Å². The van der Waals surface area contributed by atoms with E-state index in [-0.39, 0.29) is 12.1 Å². The van der Waals surface area contributed by atoms with Crippen molar-refractivity contribution in [2.75, 3.05) is 13.1 Å². The average Bonchev–Trinajstić information content (AvgIpc) is 2.89. The van der Waals surface area contributed by atoms with Crippen LogP contribution in [0.15, 0.2) is 29.2 Å². The Morgan fingerprint density at radius 1 is 1.37 bits per heavy atom. The van der Waals surface area contributed by atoms with E-state index in [1.54, 1.807) is 16.8 Å². The highest BCUT2D eigenvalue weighted by atomic mass is 16.4. The minimum atomic E-state index is -0.799. The number of aliphatic carboxylic acids is 1. The van der Waals surface area contributed by atoms with Crippen molar-refractivity contribution in [2.24, 2.45) is 0 Å². The number of carboxylic acid groups (broad SMARTS) is 1. The van der Waals surface area contributed by atoms with Crippen molar-refractivity contribution in [1.29, 1.82) is 0 Å². The Bertz CT molecular complexity index is 478.